The highest BCUT2D eigenvalue weighted by Crippen LogP contribution is 2.25. The van der Waals surface area contributed by atoms with Crippen LogP contribution in [0.25, 0.3) is 0 Å². The van der Waals surface area contributed by atoms with Crippen LogP contribution in [0.5, 0.6) is 0 Å². The Balaban J connectivity index is 2.26. The van der Waals surface area contributed by atoms with Crippen molar-refractivity contribution in [2.75, 3.05) is 5.32 Å². The highest BCUT2D eigenvalue weighted by molar-refractivity contribution is 5.51. The van der Waals surface area contributed by atoms with E-state index >= 15 is 0 Å². The highest BCUT2D eigenvalue weighted by Gasteiger charge is 2.11. The van der Waals surface area contributed by atoms with Crippen molar-refractivity contribution < 1.29 is 4.39 Å². The topological polar surface area (TPSA) is 35.8 Å². The van der Waals surface area contributed by atoms with Gasteiger partial charge in [0, 0.05) is 6.04 Å². The number of nitrogens with zero attached hydrogens (tertiary/aromatic N) is 1. The minimum Gasteiger partial charge on any atom is -0.376 e. The van der Waals surface area contributed by atoms with Gasteiger partial charge in [0.15, 0.2) is 0 Å². The van der Waals surface area contributed by atoms with Gasteiger partial charge in [-0.15, -0.1) is 0 Å². The zero-order chi connectivity index (χ0) is 14.7. The van der Waals surface area contributed by atoms with Crippen LogP contribution in [0.15, 0.2) is 36.4 Å². The molecule has 0 aliphatic rings. The number of aryl methyl sites for hydroxylation is 2. The largest absolute Gasteiger partial charge is 0.376 e. The molecule has 0 heterocycles. The second kappa shape index (κ2) is 5.75. The molecule has 0 amide bonds. The Morgan fingerprint density at radius 3 is 2.55 bits per heavy atom. The molecule has 0 saturated carbocycles. The molecule has 0 spiro atoms. The summed E-state index contributed by atoms with van der Waals surface area (Å²) in [7, 11) is 0. The number of anilines is 1. The standard InChI is InChI=1S/C17H17FN2/c1-11-4-5-12(2)15(8-11)13(3)20-17-7-6-14(10-19)9-16(17)18/h4-9,13,20H,1-3H3. The molecule has 0 radical (unpaired) electrons. The zero-order valence-corrected chi connectivity index (χ0v) is 11.9. The molecular formula is C17H17FN2. The first kappa shape index (κ1) is 14.1. The molecule has 102 valence electrons. The van der Waals surface area contributed by atoms with E-state index in [9.17, 15) is 4.39 Å². The van der Waals surface area contributed by atoms with E-state index in [4.69, 9.17) is 5.26 Å². The lowest BCUT2D eigenvalue weighted by Gasteiger charge is -2.19. The Bertz CT molecular complexity index is 671. The fourth-order valence-electron chi connectivity index (χ4n) is 2.24. The Labute approximate surface area is 118 Å². The van der Waals surface area contributed by atoms with E-state index in [1.54, 1.807) is 12.1 Å². The maximum atomic E-state index is 13.9. The quantitative estimate of drug-likeness (QED) is 0.890. The summed E-state index contributed by atoms with van der Waals surface area (Å²) in [6.45, 7) is 6.08. The van der Waals surface area contributed by atoms with Gasteiger partial charge in [0.2, 0.25) is 0 Å². The summed E-state index contributed by atoms with van der Waals surface area (Å²) in [6.07, 6.45) is 0. The zero-order valence-electron chi connectivity index (χ0n) is 11.9. The van der Waals surface area contributed by atoms with Crippen LogP contribution in [-0.2, 0) is 0 Å². The smallest absolute Gasteiger partial charge is 0.147 e. The molecule has 1 N–H and O–H groups in total. The minimum atomic E-state index is -0.402. The third-order valence-corrected chi connectivity index (χ3v) is 3.37. The minimum absolute atomic E-state index is 0.00247. The summed E-state index contributed by atoms with van der Waals surface area (Å²) in [5.41, 5.74) is 4.24. The van der Waals surface area contributed by atoms with Crippen molar-refractivity contribution in [3.05, 3.63) is 64.5 Å². The van der Waals surface area contributed by atoms with Crippen LogP contribution >= 0.6 is 0 Å². The predicted octanol–water partition coefficient (Wildman–Crippen LogP) is 4.49. The van der Waals surface area contributed by atoms with Crippen LogP contribution in [-0.4, -0.2) is 0 Å². The molecule has 0 aromatic heterocycles. The third-order valence-electron chi connectivity index (χ3n) is 3.37. The molecule has 0 saturated heterocycles. The highest BCUT2D eigenvalue weighted by atomic mass is 19.1. The Hall–Kier alpha value is -2.34. The van der Waals surface area contributed by atoms with Gasteiger partial charge in [0.1, 0.15) is 5.82 Å². The van der Waals surface area contributed by atoms with Crippen LogP contribution in [0.1, 0.15) is 35.2 Å². The molecule has 2 nitrogen and oxygen atoms in total. The number of nitrogens with one attached hydrogen (secondary N) is 1. The van der Waals surface area contributed by atoms with Gasteiger partial charge in [-0.1, -0.05) is 23.8 Å². The van der Waals surface area contributed by atoms with E-state index in [0.717, 1.165) is 5.56 Å². The average Bonchev–Trinajstić information content (AvgIpc) is 2.43. The van der Waals surface area contributed by atoms with Gasteiger partial charge in [-0.25, -0.2) is 4.39 Å². The number of benzene rings is 2. The van der Waals surface area contributed by atoms with Crippen molar-refractivity contribution in [3.63, 3.8) is 0 Å². The van der Waals surface area contributed by atoms with E-state index in [0.29, 0.717) is 11.3 Å². The lowest BCUT2D eigenvalue weighted by molar-refractivity contribution is 0.627. The van der Waals surface area contributed by atoms with E-state index in [1.165, 1.54) is 17.2 Å². The van der Waals surface area contributed by atoms with Crippen molar-refractivity contribution in [3.8, 4) is 6.07 Å². The molecule has 3 heteroatoms. The second-order valence-corrected chi connectivity index (χ2v) is 5.03. The summed E-state index contributed by atoms with van der Waals surface area (Å²) < 4.78 is 13.9. The number of hydrogen-bond donors (Lipinski definition) is 1. The summed E-state index contributed by atoms with van der Waals surface area (Å²) >= 11 is 0. The molecule has 0 bridgehead atoms. The van der Waals surface area contributed by atoms with Crippen LogP contribution in [0, 0.1) is 31.0 Å². The Kier molecular flexibility index (Phi) is 4.05. The summed E-state index contributed by atoms with van der Waals surface area (Å²) in [6, 6.07) is 12.6. The molecular weight excluding hydrogens is 251 g/mol. The van der Waals surface area contributed by atoms with Crippen molar-refractivity contribution in [2.45, 2.75) is 26.8 Å². The molecule has 1 unspecified atom stereocenters. The van der Waals surface area contributed by atoms with E-state index < -0.39 is 5.82 Å². The van der Waals surface area contributed by atoms with Gasteiger partial charge in [-0.3, -0.25) is 0 Å². The molecule has 2 rings (SSSR count). The van der Waals surface area contributed by atoms with Crippen LogP contribution in [0.3, 0.4) is 0 Å². The monoisotopic (exact) mass is 268 g/mol. The molecule has 1 atom stereocenters. The Morgan fingerprint density at radius 1 is 1.15 bits per heavy atom. The summed E-state index contributed by atoms with van der Waals surface area (Å²) in [5.74, 6) is -0.402. The lowest BCUT2D eigenvalue weighted by Crippen LogP contribution is -2.09. The first-order valence-corrected chi connectivity index (χ1v) is 6.54. The van der Waals surface area contributed by atoms with Crippen molar-refractivity contribution >= 4 is 5.69 Å². The first-order valence-electron chi connectivity index (χ1n) is 6.54. The molecule has 0 aliphatic heterocycles. The van der Waals surface area contributed by atoms with Crippen LogP contribution in [0.4, 0.5) is 10.1 Å². The Morgan fingerprint density at radius 2 is 1.90 bits per heavy atom. The second-order valence-electron chi connectivity index (χ2n) is 5.03. The van der Waals surface area contributed by atoms with E-state index in [2.05, 4.69) is 23.5 Å². The number of halogens is 1. The average molecular weight is 268 g/mol. The summed E-state index contributed by atoms with van der Waals surface area (Å²) in [5, 5.41) is 11.9. The van der Waals surface area contributed by atoms with Gasteiger partial charge in [0.25, 0.3) is 0 Å². The lowest BCUT2D eigenvalue weighted by atomic mass is 9.99. The van der Waals surface area contributed by atoms with Crippen molar-refractivity contribution in [1.82, 2.24) is 0 Å². The van der Waals surface area contributed by atoms with Crippen LogP contribution in [0.2, 0.25) is 0 Å². The van der Waals surface area contributed by atoms with E-state index in [1.807, 2.05) is 26.8 Å². The molecule has 0 fully saturated rings. The predicted molar refractivity (Wildman–Crippen MR) is 79.1 cm³/mol. The fraction of sp³-hybridized carbons (Fsp3) is 0.235. The SMILES string of the molecule is Cc1ccc(C)c(C(C)Nc2ccc(C#N)cc2F)c1. The fourth-order valence-corrected chi connectivity index (χ4v) is 2.24. The molecule has 2 aromatic carbocycles. The number of hydrogen-bond acceptors (Lipinski definition) is 2. The molecule has 20 heavy (non-hydrogen) atoms. The maximum Gasteiger partial charge on any atom is 0.147 e. The first-order chi connectivity index (χ1) is 9.51. The van der Waals surface area contributed by atoms with Gasteiger partial charge < -0.3 is 5.32 Å². The molecule has 2 aromatic rings. The van der Waals surface area contributed by atoms with Crippen LogP contribution < -0.4 is 5.32 Å². The third kappa shape index (κ3) is 2.97. The maximum absolute atomic E-state index is 13.9. The van der Waals surface area contributed by atoms with Gasteiger partial charge >= 0.3 is 0 Å². The van der Waals surface area contributed by atoms with Gasteiger partial charge in [0.05, 0.1) is 17.3 Å². The number of nitriles is 1. The van der Waals surface area contributed by atoms with E-state index in [-0.39, 0.29) is 6.04 Å². The normalized spacial score (nSPS) is 11.8. The molecule has 0 aliphatic carbocycles. The van der Waals surface area contributed by atoms with Crippen molar-refractivity contribution in [1.29, 1.82) is 5.26 Å². The van der Waals surface area contributed by atoms with Crippen molar-refractivity contribution in [2.24, 2.45) is 0 Å². The van der Waals surface area contributed by atoms with Gasteiger partial charge in [-0.05, 0) is 50.1 Å². The van der Waals surface area contributed by atoms with Gasteiger partial charge in [-0.2, -0.15) is 5.26 Å². The summed E-state index contributed by atoms with van der Waals surface area (Å²) in [4.78, 5) is 0. The number of rotatable bonds is 3.